The molecule has 0 aliphatic rings. The SMILES string of the molecule is OP(=S)(Cl)Oc1cc(Cl)c(Cl)c(Cl)c1. The van der Waals surface area contributed by atoms with Crippen LogP contribution in [0.2, 0.25) is 15.1 Å². The van der Waals surface area contributed by atoms with Crippen LogP contribution in [0.3, 0.4) is 0 Å². The Bertz CT molecular complexity index is 382. The molecule has 1 atom stereocenters. The van der Waals surface area contributed by atoms with Crippen LogP contribution >= 0.6 is 51.9 Å². The van der Waals surface area contributed by atoms with Gasteiger partial charge in [0.15, 0.2) is 0 Å². The van der Waals surface area contributed by atoms with Crippen LogP contribution in [0.15, 0.2) is 12.1 Å². The van der Waals surface area contributed by atoms with E-state index in [2.05, 4.69) is 11.8 Å². The van der Waals surface area contributed by atoms with Gasteiger partial charge in [0, 0.05) is 12.1 Å². The third-order valence-corrected chi connectivity index (χ3v) is 3.24. The number of hydrogen-bond donors (Lipinski definition) is 1. The van der Waals surface area contributed by atoms with E-state index in [0.29, 0.717) is 0 Å². The lowest BCUT2D eigenvalue weighted by Crippen LogP contribution is -1.85. The third-order valence-electron chi connectivity index (χ3n) is 1.18. The van der Waals surface area contributed by atoms with Crippen LogP contribution in [0.1, 0.15) is 0 Å². The Hall–Kier alpha value is 0.790. The maximum atomic E-state index is 9.07. The Morgan fingerprint density at radius 2 is 1.64 bits per heavy atom. The van der Waals surface area contributed by atoms with Crippen molar-refractivity contribution >= 4 is 63.7 Å². The van der Waals surface area contributed by atoms with Crippen LogP contribution in [-0.4, -0.2) is 4.89 Å². The van der Waals surface area contributed by atoms with Gasteiger partial charge in [-0.1, -0.05) is 34.8 Å². The first-order valence-corrected chi connectivity index (χ1v) is 7.87. The zero-order valence-electron chi connectivity index (χ0n) is 6.38. The number of benzene rings is 1. The summed E-state index contributed by atoms with van der Waals surface area (Å²) < 4.78 is 4.84. The minimum Gasteiger partial charge on any atom is -0.433 e. The zero-order chi connectivity index (χ0) is 10.9. The molecule has 1 unspecified atom stereocenters. The fraction of sp³-hybridized carbons (Fsp3) is 0. The van der Waals surface area contributed by atoms with Crippen molar-refractivity contribution in [2.24, 2.45) is 0 Å². The van der Waals surface area contributed by atoms with Crippen molar-refractivity contribution in [3.63, 3.8) is 0 Å². The molecule has 0 spiro atoms. The summed E-state index contributed by atoms with van der Waals surface area (Å²) in [7, 11) is 0. The topological polar surface area (TPSA) is 29.5 Å². The van der Waals surface area contributed by atoms with Crippen LogP contribution in [0.4, 0.5) is 0 Å². The molecule has 0 saturated heterocycles. The second kappa shape index (κ2) is 4.75. The molecule has 1 rings (SSSR count). The summed E-state index contributed by atoms with van der Waals surface area (Å²) in [6, 6.07) is 2.74. The van der Waals surface area contributed by atoms with Gasteiger partial charge in [-0.3, -0.25) is 0 Å². The van der Waals surface area contributed by atoms with E-state index in [4.69, 9.17) is 55.5 Å². The number of hydrogen-bond acceptors (Lipinski definition) is 2. The van der Waals surface area contributed by atoms with Crippen molar-refractivity contribution in [3.8, 4) is 5.75 Å². The monoisotopic (exact) mass is 310 g/mol. The van der Waals surface area contributed by atoms with E-state index < -0.39 is 5.84 Å². The Morgan fingerprint density at radius 3 is 2.00 bits per heavy atom. The molecule has 2 nitrogen and oxygen atoms in total. The lowest BCUT2D eigenvalue weighted by atomic mass is 10.3. The van der Waals surface area contributed by atoms with Gasteiger partial charge in [0.2, 0.25) is 0 Å². The summed E-state index contributed by atoms with van der Waals surface area (Å²) in [5.74, 6) is -3.11. The highest BCUT2D eigenvalue weighted by Gasteiger charge is 2.13. The first kappa shape index (κ1) is 12.9. The molecule has 0 aliphatic carbocycles. The molecule has 0 heterocycles. The van der Waals surface area contributed by atoms with Crippen LogP contribution in [-0.2, 0) is 11.8 Å². The van der Waals surface area contributed by atoms with Crippen LogP contribution in [0, 0.1) is 0 Å². The predicted octanol–water partition coefficient (Wildman–Crippen LogP) is 4.48. The molecule has 1 aromatic carbocycles. The molecular formula is C6H3Cl4O2PS. The van der Waals surface area contributed by atoms with Gasteiger partial charge in [0.1, 0.15) is 5.75 Å². The van der Waals surface area contributed by atoms with Gasteiger partial charge in [-0.15, -0.1) is 0 Å². The molecule has 0 aliphatic heterocycles. The fourth-order valence-corrected chi connectivity index (χ4v) is 2.15. The van der Waals surface area contributed by atoms with Crippen molar-refractivity contribution in [2.75, 3.05) is 0 Å². The van der Waals surface area contributed by atoms with Crippen LogP contribution < -0.4 is 4.52 Å². The maximum Gasteiger partial charge on any atom is 0.330 e. The van der Waals surface area contributed by atoms with Gasteiger partial charge < -0.3 is 9.42 Å². The normalized spacial score (nSPS) is 14.9. The second-order valence-corrected chi connectivity index (χ2v) is 7.98. The van der Waals surface area contributed by atoms with E-state index in [9.17, 15) is 0 Å². The molecule has 1 aromatic rings. The lowest BCUT2D eigenvalue weighted by molar-refractivity contribution is 0.503. The zero-order valence-corrected chi connectivity index (χ0v) is 11.1. The standard InChI is InChI=1S/C6H3Cl4O2PS/c7-4-1-3(12-13(10,11)14)2-5(8)6(4)9/h1-2H,(H,11,14). The first-order valence-electron chi connectivity index (χ1n) is 3.16. The molecule has 14 heavy (non-hydrogen) atoms. The van der Waals surface area contributed by atoms with E-state index in [1.54, 1.807) is 0 Å². The quantitative estimate of drug-likeness (QED) is 0.645. The highest BCUT2D eigenvalue weighted by atomic mass is 35.7. The maximum absolute atomic E-state index is 9.07. The molecule has 0 radical (unpaired) electrons. The van der Waals surface area contributed by atoms with Gasteiger partial charge in [-0.25, -0.2) is 0 Å². The van der Waals surface area contributed by atoms with Gasteiger partial charge in [-0.05, 0) is 23.0 Å². The van der Waals surface area contributed by atoms with E-state index in [0.717, 1.165) is 0 Å². The smallest absolute Gasteiger partial charge is 0.330 e. The Labute approximate surface area is 106 Å². The van der Waals surface area contributed by atoms with Crippen LogP contribution in [0.25, 0.3) is 0 Å². The summed E-state index contributed by atoms with van der Waals surface area (Å²) in [6.07, 6.45) is 0. The van der Waals surface area contributed by atoms with Crippen molar-refractivity contribution in [3.05, 3.63) is 27.2 Å². The van der Waals surface area contributed by atoms with Gasteiger partial charge in [-0.2, -0.15) is 0 Å². The molecule has 8 heteroatoms. The highest BCUT2D eigenvalue weighted by Crippen LogP contribution is 2.49. The molecule has 0 amide bonds. The molecule has 0 fully saturated rings. The highest BCUT2D eigenvalue weighted by molar-refractivity contribution is 8.22. The minimum atomic E-state index is -3.30. The molecule has 1 N–H and O–H groups in total. The molecule has 0 saturated carbocycles. The molecule has 78 valence electrons. The number of rotatable bonds is 2. The average Bonchev–Trinajstić information content (AvgIpc) is 1.96. The Balaban J connectivity index is 3.08. The van der Waals surface area contributed by atoms with Gasteiger partial charge in [0.25, 0.3) is 0 Å². The van der Waals surface area contributed by atoms with Crippen molar-refractivity contribution in [1.29, 1.82) is 0 Å². The van der Waals surface area contributed by atoms with E-state index in [1.807, 2.05) is 0 Å². The summed E-state index contributed by atoms with van der Waals surface area (Å²) in [6.45, 7) is 0. The van der Waals surface area contributed by atoms with Crippen molar-refractivity contribution in [1.82, 2.24) is 0 Å². The summed E-state index contributed by atoms with van der Waals surface area (Å²) in [5, 5.41) is 0.616. The number of halogens is 4. The molecular weight excluding hydrogens is 309 g/mol. The third kappa shape index (κ3) is 3.74. The van der Waals surface area contributed by atoms with Crippen LogP contribution in [0.5, 0.6) is 5.75 Å². The Kier molecular flexibility index (Phi) is 4.36. The van der Waals surface area contributed by atoms with Crippen molar-refractivity contribution < 1.29 is 9.42 Å². The van der Waals surface area contributed by atoms with E-state index in [1.165, 1.54) is 12.1 Å². The summed E-state index contributed by atoms with van der Waals surface area (Å²) in [4.78, 5) is 9.07. The fourth-order valence-electron chi connectivity index (χ4n) is 0.715. The molecule has 0 bridgehead atoms. The van der Waals surface area contributed by atoms with Crippen molar-refractivity contribution in [2.45, 2.75) is 0 Å². The summed E-state index contributed by atoms with van der Waals surface area (Å²) >= 11 is 26.9. The Morgan fingerprint density at radius 1 is 1.21 bits per heavy atom. The first-order chi connectivity index (χ1) is 6.29. The largest absolute Gasteiger partial charge is 0.433 e. The second-order valence-electron chi connectivity index (χ2n) is 2.24. The minimum absolute atomic E-state index is 0.185. The summed E-state index contributed by atoms with van der Waals surface area (Å²) in [5.41, 5.74) is 0. The van der Waals surface area contributed by atoms with Gasteiger partial charge in [0.05, 0.1) is 15.1 Å². The lowest BCUT2D eigenvalue weighted by Gasteiger charge is -2.10. The van der Waals surface area contributed by atoms with Gasteiger partial charge >= 0.3 is 5.84 Å². The molecule has 0 aromatic heterocycles. The average molecular weight is 312 g/mol. The van der Waals surface area contributed by atoms with E-state index in [-0.39, 0.29) is 20.8 Å². The van der Waals surface area contributed by atoms with E-state index >= 15 is 0 Å². The predicted molar refractivity (Wildman–Crippen MR) is 64.5 cm³/mol.